The fourth-order valence-corrected chi connectivity index (χ4v) is 8.94. The Kier molecular flexibility index (Phi) is 6.01. The van der Waals surface area contributed by atoms with Crippen molar-refractivity contribution in [2.75, 3.05) is 4.90 Å². The van der Waals surface area contributed by atoms with E-state index < -0.39 is 0 Å². The summed E-state index contributed by atoms with van der Waals surface area (Å²) in [5.74, 6) is 0. The summed E-state index contributed by atoms with van der Waals surface area (Å²) >= 11 is 0. The molecule has 0 amide bonds. The minimum atomic E-state index is -0.101. The van der Waals surface area contributed by atoms with Crippen molar-refractivity contribution in [3.8, 4) is 33.4 Å². The van der Waals surface area contributed by atoms with Gasteiger partial charge in [-0.05, 0) is 80.9 Å². The molecule has 2 nitrogen and oxygen atoms in total. The number of hydrogen-bond acceptors (Lipinski definition) is 2. The van der Waals surface area contributed by atoms with Crippen LogP contribution in [0.3, 0.4) is 0 Å². The molecule has 0 unspecified atom stereocenters. The van der Waals surface area contributed by atoms with E-state index in [0.717, 1.165) is 44.4 Å². The Labute approximate surface area is 293 Å². The van der Waals surface area contributed by atoms with Crippen molar-refractivity contribution in [2.24, 2.45) is 0 Å². The molecule has 0 spiro atoms. The molecule has 10 rings (SSSR count). The molecule has 240 valence electrons. The highest BCUT2D eigenvalue weighted by atomic mass is 16.3. The van der Waals surface area contributed by atoms with E-state index >= 15 is 0 Å². The van der Waals surface area contributed by atoms with Crippen LogP contribution in [0.4, 0.5) is 17.1 Å². The molecule has 0 bridgehead atoms. The average molecular weight is 644 g/mol. The van der Waals surface area contributed by atoms with Crippen molar-refractivity contribution in [1.82, 2.24) is 0 Å². The Morgan fingerprint density at radius 1 is 0.440 bits per heavy atom. The van der Waals surface area contributed by atoms with E-state index in [9.17, 15) is 0 Å². The maximum absolute atomic E-state index is 6.44. The Hall–Kier alpha value is -5.86. The van der Waals surface area contributed by atoms with Crippen molar-refractivity contribution in [3.05, 3.63) is 174 Å². The van der Waals surface area contributed by atoms with Crippen LogP contribution in [0.25, 0.3) is 55.3 Å². The van der Waals surface area contributed by atoms with Gasteiger partial charge in [0.2, 0.25) is 0 Å². The Morgan fingerprint density at radius 3 is 1.84 bits per heavy atom. The van der Waals surface area contributed by atoms with E-state index in [-0.39, 0.29) is 10.8 Å². The SMILES string of the molecule is CC1(C)c2ccccc2-c2ccc(N(c3ccc(-c4cccc5c4oc4ccccc45)cc3)c3cccc4c3-c3ccccc3C4(C)C)cc21. The second-order valence-electron chi connectivity index (χ2n) is 14.9. The smallest absolute Gasteiger partial charge is 0.143 e. The summed E-state index contributed by atoms with van der Waals surface area (Å²) in [6.07, 6.45) is 0. The van der Waals surface area contributed by atoms with Crippen LogP contribution in [0.2, 0.25) is 0 Å². The van der Waals surface area contributed by atoms with Gasteiger partial charge in [-0.15, -0.1) is 0 Å². The Morgan fingerprint density at radius 2 is 1.02 bits per heavy atom. The zero-order valence-electron chi connectivity index (χ0n) is 28.8. The third-order valence-electron chi connectivity index (χ3n) is 11.5. The summed E-state index contributed by atoms with van der Waals surface area (Å²) in [5.41, 5.74) is 18.1. The van der Waals surface area contributed by atoms with E-state index in [1.165, 1.54) is 50.2 Å². The first-order valence-electron chi connectivity index (χ1n) is 17.6. The molecular weight excluding hydrogens is 607 g/mol. The van der Waals surface area contributed by atoms with E-state index in [1.807, 2.05) is 12.1 Å². The molecule has 8 aromatic rings. The predicted molar refractivity (Wildman–Crippen MR) is 209 cm³/mol. The summed E-state index contributed by atoms with van der Waals surface area (Å²) < 4.78 is 6.44. The number of para-hydroxylation sites is 2. The monoisotopic (exact) mass is 643 g/mol. The molecule has 0 N–H and O–H groups in total. The van der Waals surface area contributed by atoms with Gasteiger partial charge in [-0.3, -0.25) is 0 Å². The van der Waals surface area contributed by atoms with Crippen LogP contribution in [0.1, 0.15) is 49.9 Å². The molecule has 0 radical (unpaired) electrons. The zero-order valence-corrected chi connectivity index (χ0v) is 28.8. The van der Waals surface area contributed by atoms with Crippen LogP contribution in [-0.4, -0.2) is 0 Å². The standard InChI is InChI=1S/C48H37NO/c1-47(2)40-19-9-6-15-38(40)45-41(47)20-12-21-43(45)49(32-27-28-35-34-13-5-8-18-39(34)48(3,4)42(35)29-32)31-25-23-30(24-26-31)33-16-11-17-37-36-14-7-10-22-44(36)50-46(33)37/h5-29H,1-4H3. The first-order chi connectivity index (χ1) is 24.3. The third kappa shape index (κ3) is 3.96. The van der Waals surface area contributed by atoms with Crippen LogP contribution < -0.4 is 4.90 Å². The average Bonchev–Trinajstić information content (AvgIpc) is 3.72. The molecule has 2 heteroatoms. The molecule has 50 heavy (non-hydrogen) atoms. The normalized spacial score (nSPS) is 14.7. The summed E-state index contributed by atoms with van der Waals surface area (Å²) in [7, 11) is 0. The number of rotatable bonds is 4. The van der Waals surface area contributed by atoms with Gasteiger partial charge >= 0.3 is 0 Å². The van der Waals surface area contributed by atoms with E-state index in [1.54, 1.807) is 0 Å². The Balaban J connectivity index is 1.17. The largest absolute Gasteiger partial charge is 0.455 e. The molecular formula is C48H37NO. The fourth-order valence-electron chi connectivity index (χ4n) is 8.94. The van der Waals surface area contributed by atoms with Crippen LogP contribution in [0.5, 0.6) is 0 Å². The molecule has 2 aliphatic rings. The molecule has 0 saturated carbocycles. The number of hydrogen-bond donors (Lipinski definition) is 0. The molecule has 1 heterocycles. The quantitative estimate of drug-likeness (QED) is 0.190. The maximum atomic E-state index is 6.44. The van der Waals surface area contributed by atoms with Gasteiger partial charge in [-0.25, -0.2) is 0 Å². The van der Waals surface area contributed by atoms with Gasteiger partial charge in [-0.2, -0.15) is 0 Å². The lowest BCUT2D eigenvalue weighted by atomic mass is 9.82. The molecule has 0 aliphatic heterocycles. The molecule has 2 aliphatic carbocycles. The first kappa shape index (κ1) is 29.1. The topological polar surface area (TPSA) is 16.4 Å². The highest BCUT2D eigenvalue weighted by Crippen LogP contribution is 2.55. The molecule has 0 fully saturated rings. The van der Waals surface area contributed by atoms with E-state index in [4.69, 9.17) is 4.42 Å². The number of fused-ring (bicyclic) bond motifs is 9. The number of nitrogens with zero attached hydrogens (tertiary/aromatic N) is 1. The van der Waals surface area contributed by atoms with Gasteiger partial charge in [-0.1, -0.05) is 143 Å². The minimum absolute atomic E-state index is 0.0930. The van der Waals surface area contributed by atoms with Gasteiger partial charge in [0.1, 0.15) is 11.2 Å². The van der Waals surface area contributed by atoms with Crippen LogP contribution >= 0.6 is 0 Å². The van der Waals surface area contributed by atoms with Crippen molar-refractivity contribution >= 4 is 39.0 Å². The van der Waals surface area contributed by atoms with Crippen LogP contribution in [0, 0.1) is 0 Å². The fraction of sp³-hybridized carbons (Fsp3) is 0.125. The van der Waals surface area contributed by atoms with Gasteiger partial charge in [0.25, 0.3) is 0 Å². The van der Waals surface area contributed by atoms with Gasteiger partial charge in [0.15, 0.2) is 0 Å². The second kappa shape index (κ2) is 10.3. The highest BCUT2D eigenvalue weighted by Gasteiger charge is 2.39. The Bertz CT molecular complexity index is 2650. The summed E-state index contributed by atoms with van der Waals surface area (Å²) in [5, 5.41) is 2.29. The summed E-state index contributed by atoms with van der Waals surface area (Å²) in [6.45, 7) is 9.43. The van der Waals surface area contributed by atoms with Gasteiger partial charge < -0.3 is 9.32 Å². The molecule has 7 aromatic carbocycles. The second-order valence-corrected chi connectivity index (χ2v) is 14.9. The lowest BCUT2D eigenvalue weighted by Crippen LogP contribution is -2.17. The summed E-state index contributed by atoms with van der Waals surface area (Å²) in [4.78, 5) is 2.47. The highest BCUT2D eigenvalue weighted by molar-refractivity contribution is 6.09. The zero-order chi connectivity index (χ0) is 33.8. The minimum Gasteiger partial charge on any atom is -0.455 e. The van der Waals surface area contributed by atoms with Crippen molar-refractivity contribution in [1.29, 1.82) is 0 Å². The maximum Gasteiger partial charge on any atom is 0.143 e. The number of benzene rings is 7. The lowest BCUT2D eigenvalue weighted by Gasteiger charge is -2.30. The van der Waals surface area contributed by atoms with Crippen LogP contribution in [-0.2, 0) is 10.8 Å². The van der Waals surface area contributed by atoms with Crippen molar-refractivity contribution < 1.29 is 4.42 Å². The molecule has 0 saturated heterocycles. The summed E-state index contributed by atoms with van der Waals surface area (Å²) in [6, 6.07) is 55.6. The van der Waals surface area contributed by atoms with E-state index in [0.29, 0.717) is 0 Å². The van der Waals surface area contributed by atoms with Crippen molar-refractivity contribution in [3.63, 3.8) is 0 Å². The van der Waals surface area contributed by atoms with E-state index in [2.05, 4.69) is 172 Å². The predicted octanol–water partition coefficient (Wildman–Crippen LogP) is 13.3. The number of anilines is 3. The molecule has 0 atom stereocenters. The molecule has 1 aromatic heterocycles. The van der Waals surface area contributed by atoms with Gasteiger partial charge in [0.05, 0.1) is 5.69 Å². The lowest BCUT2D eigenvalue weighted by molar-refractivity contribution is 0.660. The van der Waals surface area contributed by atoms with Crippen molar-refractivity contribution in [2.45, 2.75) is 38.5 Å². The third-order valence-corrected chi connectivity index (χ3v) is 11.5. The van der Waals surface area contributed by atoms with Gasteiger partial charge in [0, 0.05) is 44.1 Å². The first-order valence-corrected chi connectivity index (χ1v) is 17.6. The van der Waals surface area contributed by atoms with Crippen LogP contribution in [0.15, 0.2) is 156 Å². The number of furan rings is 1.